The molecule has 0 aliphatic carbocycles. The first kappa shape index (κ1) is 33.4. The van der Waals surface area contributed by atoms with E-state index in [9.17, 15) is 40.5 Å². The predicted octanol–water partition coefficient (Wildman–Crippen LogP) is 3.48. The monoisotopic (exact) mass is 554 g/mol. The molecule has 0 amide bonds. The van der Waals surface area contributed by atoms with E-state index in [2.05, 4.69) is 14.2 Å². The highest BCUT2D eigenvalue weighted by Gasteiger charge is 2.46. The van der Waals surface area contributed by atoms with Crippen molar-refractivity contribution in [2.45, 2.75) is 26.7 Å². The molecule has 1 aliphatic heterocycles. The van der Waals surface area contributed by atoms with E-state index in [0.717, 1.165) is 0 Å². The smallest absolute Gasteiger partial charge is 0.481 e. The number of aliphatic hydroxyl groups is 2. The molecule has 16 heteroatoms. The summed E-state index contributed by atoms with van der Waals surface area (Å²) in [5, 5.41) is 25.7. The summed E-state index contributed by atoms with van der Waals surface area (Å²) in [5.41, 5.74) is -2.96. The Kier molecular flexibility index (Phi) is 13.7. The highest BCUT2D eigenvalue weighted by Crippen LogP contribution is 2.34. The fraction of sp³-hybridized carbons (Fsp3) is 0.550. The van der Waals surface area contributed by atoms with Gasteiger partial charge in [-0.3, -0.25) is 9.59 Å². The lowest BCUT2D eigenvalue weighted by atomic mass is 9.86. The van der Waals surface area contributed by atoms with Gasteiger partial charge in [0, 0.05) is 0 Å². The molecule has 206 valence electrons. The first-order valence-corrected chi connectivity index (χ1v) is 11.4. The third-order valence-electron chi connectivity index (χ3n) is 5.14. The molecule has 9 nitrogen and oxygen atoms in total. The Morgan fingerprint density at radius 1 is 0.972 bits per heavy atom. The van der Waals surface area contributed by atoms with Crippen LogP contribution in [0.25, 0.3) is 0 Å². The third kappa shape index (κ3) is 7.68. The second kappa shape index (κ2) is 14.8. The lowest BCUT2D eigenvalue weighted by Gasteiger charge is -2.32. The molecule has 1 aromatic rings. The molecule has 1 aliphatic rings. The maximum atomic E-state index is 13.5. The molecule has 0 bridgehead atoms. The molecule has 1 fully saturated rings. The summed E-state index contributed by atoms with van der Waals surface area (Å²) < 4.78 is 89.8. The van der Waals surface area contributed by atoms with Gasteiger partial charge in [-0.1, -0.05) is 13.8 Å². The highest BCUT2D eigenvalue weighted by atomic mass is 31.1. The van der Waals surface area contributed by atoms with E-state index in [1.54, 1.807) is 6.92 Å². The van der Waals surface area contributed by atoms with E-state index in [0.29, 0.717) is 0 Å². The van der Waals surface area contributed by atoms with Crippen LogP contribution >= 0.6 is 8.89 Å². The number of carbonyl (C=O) groups is 3. The van der Waals surface area contributed by atoms with E-state index >= 15 is 0 Å². The van der Waals surface area contributed by atoms with Crippen molar-refractivity contribution in [3.63, 3.8) is 0 Å². The lowest BCUT2D eigenvalue weighted by Crippen LogP contribution is -2.47. The summed E-state index contributed by atoms with van der Waals surface area (Å²) >= 11 is 0. The van der Waals surface area contributed by atoms with Crippen molar-refractivity contribution in [2.24, 2.45) is 10.8 Å². The average molecular weight is 554 g/mol. The highest BCUT2D eigenvalue weighted by molar-refractivity contribution is 7.30. The molecule has 1 atom stereocenters. The van der Waals surface area contributed by atoms with Gasteiger partial charge in [-0.25, -0.2) is 22.2 Å². The van der Waals surface area contributed by atoms with Gasteiger partial charge in [-0.05, 0) is 19.5 Å². The first-order chi connectivity index (χ1) is 16.8. The summed E-state index contributed by atoms with van der Waals surface area (Å²) in [6.07, 6.45) is -0.859. The van der Waals surface area contributed by atoms with Gasteiger partial charge in [0.15, 0.2) is 0 Å². The van der Waals surface area contributed by atoms with Gasteiger partial charge in [0.25, 0.3) is 0 Å². The number of esters is 1. The number of carboxylic acids is 1. The van der Waals surface area contributed by atoms with Crippen LogP contribution in [-0.2, 0) is 19.1 Å². The van der Waals surface area contributed by atoms with Crippen LogP contribution in [0.3, 0.4) is 0 Å². The summed E-state index contributed by atoms with van der Waals surface area (Å²) in [5.74, 6) is -15.7. The quantitative estimate of drug-likeness (QED) is 0.115. The fourth-order valence-electron chi connectivity index (χ4n) is 2.38. The number of carbonyl (C=O) groups excluding carboxylic acids is 2. The van der Waals surface area contributed by atoms with Crippen LogP contribution in [0.1, 0.15) is 26.7 Å². The fourth-order valence-corrected chi connectivity index (χ4v) is 2.38. The minimum atomic E-state index is -2.38. The number of aliphatic carboxylic acids is 1. The zero-order valence-corrected chi connectivity index (χ0v) is 20.3. The van der Waals surface area contributed by atoms with E-state index in [4.69, 9.17) is 15.3 Å². The van der Waals surface area contributed by atoms with E-state index in [-0.39, 0.29) is 12.8 Å². The third-order valence-corrected chi connectivity index (χ3v) is 5.14. The van der Waals surface area contributed by atoms with Gasteiger partial charge in [0.05, 0.1) is 22.1 Å². The average Bonchev–Trinajstić information content (AvgIpc) is 2.87. The molecule has 1 unspecified atom stereocenters. The Morgan fingerprint density at radius 2 is 1.36 bits per heavy atom. The van der Waals surface area contributed by atoms with Crippen molar-refractivity contribution in [1.29, 1.82) is 0 Å². The molecule has 0 spiro atoms. The van der Waals surface area contributed by atoms with Gasteiger partial charge >= 0.3 is 18.1 Å². The Balaban J connectivity index is 0.000000789. The van der Waals surface area contributed by atoms with Crippen molar-refractivity contribution in [2.75, 3.05) is 33.1 Å². The summed E-state index contributed by atoms with van der Waals surface area (Å²) in [7, 11) is -0.417. The number of hydrogen-bond acceptors (Lipinski definition) is 8. The second-order valence-corrected chi connectivity index (χ2v) is 7.57. The topological polar surface area (TPSA) is 140 Å². The molecular weight excluding hydrogens is 529 g/mol. The largest absolute Gasteiger partial charge is 0.508 e. The van der Waals surface area contributed by atoms with Gasteiger partial charge in [0.2, 0.25) is 34.8 Å². The lowest BCUT2D eigenvalue weighted by molar-refractivity contribution is -0.159. The van der Waals surface area contributed by atoms with Crippen LogP contribution in [0.2, 0.25) is 0 Å². The maximum Gasteiger partial charge on any atom is 0.508 e. The molecule has 0 aromatic heterocycles. The van der Waals surface area contributed by atoms with E-state index in [1.807, 2.05) is 0 Å². The number of halogens is 6. The molecule has 0 saturated carbocycles. The van der Waals surface area contributed by atoms with Crippen LogP contribution in [0.5, 0.6) is 5.75 Å². The number of rotatable bonds is 7. The minimum Gasteiger partial charge on any atom is -0.481 e. The number of benzene rings is 1. The van der Waals surface area contributed by atoms with E-state index < -0.39 is 99.1 Å². The van der Waals surface area contributed by atoms with Gasteiger partial charge in [0.1, 0.15) is 24.0 Å². The number of ether oxygens (including phenoxy) is 3. The molecule has 1 saturated heterocycles. The van der Waals surface area contributed by atoms with Crippen molar-refractivity contribution >= 4 is 27.0 Å². The van der Waals surface area contributed by atoms with Crippen molar-refractivity contribution in [1.82, 2.24) is 0 Å². The van der Waals surface area contributed by atoms with Crippen LogP contribution < -0.4 is 4.74 Å². The maximum absolute atomic E-state index is 13.5. The number of aliphatic hydroxyl groups excluding tert-OH is 2. The summed E-state index contributed by atoms with van der Waals surface area (Å²) in [4.78, 5) is 33.3. The predicted molar refractivity (Wildman–Crippen MR) is 112 cm³/mol. The Hall–Kier alpha value is -2.64. The van der Waals surface area contributed by atoms with Crippen molar-refractivity contribution in [3.8, 4) is 5.75 Å². The SMILES string of the molecule is CCC(CO)(CO)C(=O)O.CCC1(C(=O)Oc2c(F)c(F)c(F)c(F)c2F)COC(=O)OC1.CPF. The molecule has 0 radical (unpaired) electrons. The van der Waals surface area contributed by atoms with Crippen LogP contribution in [0, 0.1) is 39.9 Å². The van der Waals surface area contributed by atoms with Crippen LogP contribution in [0.15, 0.2) is 0 Å². The number of carboxylic acid groups (broad SMARTS) is 1. The Bertz CT molecular complexity index is 880. The van der Waals surface area contributed by atoms with Crippen molar-refractivity contribution in [3.05, 3.63) is 29.1 Å². The Labute approximate surface area is 203 Å². The van der Waals surface area contributed by atoms with Gasteiger partial charge < -0.3 is 29.5 Å². The van der Waals surface area contributed by atoms with Crippen molar-refractivity contribution < 1.29 is 70.1 Å². The number of hydrogen-bond donors (Lipinski definition) is 3. The zero-order chi connectivity index (χ0) is 28.3. The first-order valence-electron chi connectivity index (χ1n) is 10.0. The second-order valence-electron chi connectivity index (χ2n) is 7.19. The summed E-state index contributed by atoms with van der Waals surface area (Å²) in [6, 6.07) is 0. The van der Waals surface area contributed by atoms with Crippen LogP contribution in [-0.4, -0.2) is 66.5 Å². The minimum absolute atomic E-state index is 0.0332. The van der Waals surface area contributed by atoms with Gasteiger partial charge in [-0.2, -0.15) is 8.78 Å². The zero-order valence-electron chi connectivity index (χ0n) is 19.3. The molecule has 2 rings (SSSR count). The molecule has 1 heterocycles. The van der Waals surface area contributed by atoms with E-state index in [1.165, 1.54) is 13.6 Å². The molecule has 3 N–H and O–H groups in total. The standard InChI is InChI=1S/C13H9F5O5.C6H12O4.CH4FP/c1-2-13(3-21-12(20)22-4-13)11(19)23-10-8(17)6(15)5(14)7(16)9(10)18;1-2-6(3-7,4-8)5(9)10;1-3-2/h2-4H2,1H3;7-8H,2-4H2,1H3,(H,9,10);3H,1H3. The molecule has 1 aromatic carbocycles. The van der Waals surface area contributed by atoms with Crippen LogP contribution in [0.4, 0.5) is 30.9 Å². The number of cyclic esters (lactones) is 2. The normalized spacial score (nSPS) is 14.6. The van der Waals surface area contributed by atoms with Gasteiger partial charge in [-0.15, -0.1) is 0 Å². The molecule has 36 heavy (non-hydrogen) atoms. The summed E-state index contributed by atoms with van der Waals surface area (Å²) in [6.45, 7) is 2.49. The Morgan fingerprint density at radius 3 is 1.64 bits per heavy atom. The molecular formula is C20H25F6O9P.